The van der Waals surface area contributed by atoms with Crippen LogP contribution < -0.4 is 16.2 Å². The number of pyridine rings is 1. The van der Waals surface area contributed by atoms with Gasteiger partial charge in [0, 0.05) is 17.6 Å². The largest absolute Gasteiger partial charge is 0.362 e. The minimum atomic E-state index is -0.367. The topological polar surface area (TPSA) is 56.9 Å². The summed E-state index contributed by atoms with van der Waals surface area (Å²) in [5.41, 5.74) is 4.07. The number of aromatic amines is 1. The van der Waals surface area contributed by atoms with E-state index in [1.54, 1.807) is 18.2 Å². The Kier molecular flexibility index (Phi) is 5.32. The fraction of sp³-hybridized carbons (Fsp3) is 0.200. The van der Waals surface area contributed by atoms with Crippen molar-refractivity contribution in [3.63, 3.8) is 0 Å². The molecule has 4 nitrogen and oxygen atoms in total. The van der Waals surface area contributed by atoms with Crippen LogP contribution in [0.3, 0.4) is 0 Å². The molecule has 0 bridgehead atoms. The molecule has 0 amide bonds. The van der Waals surface area contributed by atoms with Crippen LogP contribution in [0.2, 0.25) is 0 Å². The van der Waals surface area contributed by atoms with Crippen molar-refractivity contribution < 1.29 is 4.39 Å². The maximum absolute atomic E-state index is 13.6. The van der Waals surface area contributed by atoms with E-state index >= 15 is 0 Å². The first kappa shape index (κ1) is 18.1. The summed E-state index contributed by atoms with van der Waals surface area (Å²) in [4.78, 5) is 15.2. The molecule has 3 aromatic rings. The molecule has 0 spiro atoms. The van der Waals surface area contributed by atoms with E-state index in [4.69, 9.17) is 12.2 Å². The van der Waals surface area contributed by atoms with Gasteiger partial charge >= 0.3 is 0 Å². The lowest BCUT2D eigenvalue weighted by Crippen LogP contribution is -2.31. The van der Waals surface area contributed by atoms with Crippen LogP contribution in [-0.2, 0) is 6.42 Å². The Labute approximate surface area is 156 Å². The third kappa shape index (κ3) is 4.08. The Balaban J connectivity index is 1.65. The third-order valence-corrected chi connectivity index (χ3v) is 4.58. The van der Waals surface area contributed by atoms with E-state index in [2.05, 4.69) is 21.7 Å². The minimum absolute atomic E-state index is 0.101. The van der Waals surface area contributed by atoms with E-state index in [-0.39, 0.29) is 11.4 Å². The van der Waals surface area contributed by atoms with Gasteiger partial charge in [-0.25, -0.2) is 4.39 Å². The van der Waals surface area contributed by atoms with Crippen LogP contribution in [-0.4, -0.2) is 16.6 Å². The van der Waals surface area contributed by atoms with E-state index in [1.807, 2.05) is 26.0 Å². The summed E-state index contributed by atoms with van der Waals surface area (Å²) in [5, 5.41) is 7.14. The number of hydrogen-bond donors (Lipinski definition) is 3. The molecule has 3 N–H and O–H groups in total. The van der Waals surface area contributed by atoms with Crippen molar-refractivity contribution in [2.24, 2.45) is 0 Å². The zero-order valence-electron chi connectivity index (χ0n) is 14.7. The third-order valence-electron chi connectivity index (χ3n) is 4.34. The fourth-order valence-corrected chi connectivity index (χ4v) is 2.96. The molecule has 0 aliphatic heterocycles. The summed E-state index contributed by atoms with van der Waals surface area (Å²) >= 11 is 5.18. The summed E-state index contributed by atoms with van der Waals surface area (Å²) in [6.07, 6.45) is 0.511. The molecule has 0 atom stereocenters. The molecule has 0 unspecified atom stereocenters. The highest BCUT2D eigenvalue weighted by molar-refractivity contribution is 7.80. The highest BCUT2D eigenvalue weighted by atomic mass is 32.1. The number of nitrogens with one attached hydrogen (secondary N) is 3. The number of halogens is 1. The van der Waals surface area contributed by atoms with Gasteiger partial charge in [-0.05, 0) is 79.3 Å². The Bertz CT molecular complexity index is 1030. The van der Waals surface area contributed by atoms with Crippen molar-refractivity contribution in [3.8, 4) is 0 Å². The molecule has 2 aromatic carbocycles. The fourth-order valence-electron chi connectivity index (χ4n) is 2.75. The maximum atomic E-state index is 13.6. The first-order chi connectivity index (χ1) is 12.4. The van der Waals surface area contributed by atoms with Gasteiger partial charge in [-0.1, -0.05) is 12.1 Å². The Morgan fingerprint density at radius 1 is 1.15 bits per heavy atom. The van der Waals surface area contributed by atoms with Crippen LogP contribution in [0.25, 0.3) is 10.9 Å². The van der Waals surface area contributed by atoms with Crippen molar-refractivity contribution in [2.45, 2.75) is 20.3 Å². The van der Waals surface area contributed by atoms with Crippen LogP contribution in [0, 0.1) is 19.7 Å². The SMILES string of the molecule is Cc1cc2cc(CCNC(=S)Nc3ccccc3F)c(=O)[nH]c2cc1C. The number of para-hydroxylation sites is 1. The van der Waals surface area contributed by atoms with Crippen molar-refractivity contribution in [3.05, 3.63) is 75.3 Å². The Morgan fingerprint density at radius 2 is 1.88 bits per heavy atom. The molecule has 3 rings (SSSR count). The first-order valence-electron chi connectivity index (χ1n) is 8.36. The van der Waals surface area contributed by atoms with Gasteiger partial charge in [0.15, 0.2) is 5.11 Å². The molecule has 6 heteroatoms. The summed E-state index contributed by atoms with van der Waals surface area (Å²) in [6.45, 7) is 4.54. The highest BCUT2D eigenvalue weighted by Crippen LogP contribution is 2.17. The molecular formula is C20H20FN3OS. The number of aromatic nitrogens is 1. The zero-order chi connectivity index (χ0) is 18.7. The maximum Gasteiger partial charge on any atom is 0.251 e. The zero-order valence-corrected chi connectivity index (χ0v) is 15.5. The predicted octanol–water partition coefficient (Wildman–Crippen LogP) is 3.81. The van der Waals surface area contributed by atoms with Gasteiger partial charge in [0.05, 0.1) is 5.69 Å². The van der Waals surface area contributed by atoms with Crippen molar-refractivity contribution in [1.29, 1.82) is 0 Å². The highest BCUT2D eigenvalue weighted by Gasteiger charge is 2.06. The molecule has 0 saturated heterocycles. The number of hydrogen-bond acceptors (Lipinski definition) is 2. The molecule has 1 heterocycles. The normalized spacial score (nSPS) is 10.7. The van der Waals surface area contributed by atoms with Crippen LogP contribution >= 0.6 is 12.2 Å². The van der Waals surface area contributed by atoms with Crippen LogP contribution in [0.15, 0.2) is 47.3 Å². The summed E-state index contributed by atoms with van der Waals surface area (Å²) in [7, 11) is 0. The van der Waals surface area contributed by atoms with Gasteiger partial charge in [-0.2, -0.15) is 0 Å². The average molecular weight is 369 g/mol. The molecule has 0 radical (unpaired) electrons. The molecule has 0 aliphatic carbocycles. The summed E-state index contributed by atoms with van der Waals surface area (Å²) < 4.78 is 13.6. The summed E-state index contributed by atoms with van der Waals surface area (Å²) in [6, 6.07) is 12.3. The number of benzene rings is 2. The van der Waals surface area contributed by atoms with E-state index < -0.39 is 0 Å². The lowest BCUT2D eigenvalue weighted by atomic mass is 10.0. The Hall–Kier alpha value is -2.73. The standard InChI is InChI=1S/C20H20FN3OS/c1-12-9-15-11-14(19(25)23-18(15)10-13(12)2)7-8-22-20(26)24-17-6-4-3-5-16(17)21/h3-6,9-11H,7-8H2,1-2H3,(H,23,25)(H2,22,24,26). The van der Waals surface area contributed by atoms with Crippen LogP contribution in [0.4, 0.5) is 10.1 Å². The number of aryl methyl sites for hydroxylation is 2. The lowest BCUT2D eigenvalue weighted by molar-refractivity contribution is 0.632. The van der Waals surface area contributed by atoms with Gasteiger partial charge < -0.3 is 15.6 Å². The minimum Gasteiger partial charge on any atom is -0.362 e. The van der Waals surface area contributed by atoms with Crippen LogP contribution in [0.5, 0.6) is 0 Å². The van der Waals surface area contributed by atoms with E-state index in [9.17, 15) is 9.18 Å². The van der Waals surface area contributed by atoms with Gasteiger partial charge in [0.1, 0.15) is 5.82 Å². The number of anilines is 1. The summed E-state index contributed by atoms with van der Waals surface area (Å²) in [5.74, 6) is -0.367. The molecule has 0 fully saturated rings. The second kappa shape index (κ2) is 7.66. The molecule has 0 saturated carbocycles. The second-order valence-electron chi connectivity index (χ2n) is 6.26. The van der Waals surface area contributed by atoms with E-state index in [1.165, 1.54) is 11.6 Å². The van der Waals surface area contributed by atoms with Gasteiger partial charge in [-0.15, -0.1) is 0 Å². The molecule has 134 valence electrons. The number of thiocarbonyl (C=S) groups is 1. The smallest absolute Gasteiger partial charge is 0.251 e. The second-order valence-corrected chi connectivity index (χ2v) is 6.67. The molecule has 1 aromatic heterocycles. The number of H-pyrrole nitrogens is 1. The van der Waals surface area contributed by atoms with Crippen molar-refractivity contribution >= 4 is 33.9 Å². The van der Waals surface area contributed by atoms with Crippen LogP contribution in [0.1, 0.15) is 16.7 Å². The Morgan fingerprint density at radius 3 is 2.65 bits per heavy atom. The van der Waals surface area contributed by atoms with Gasteiger partial charge in [-0.3, -0.25) is 4.79 Å². The average Bonchev–Trinajstić information content (AvgIpc) is 2.59. The van der Waals surface area contributed by atoms with E-state index in [0.29, 0.717) is 29.3 Å². The van der Waals surface area contributed by atoms with Crippen molar-refractivity contribution in [1.82, 2.24) is 10.3 Å². The monoisotopic (exact) mass is 369 g/mol. The number of rotatable bonds is 4. The van der Waals surface area contributed by atoms with Gasteiger partial charge in [0.2, 0.25) is 0 Å². The molecular weight excluding hydrogens is 349 g/mol. The van der Waals surface area contributed by atoms with E-state index in [0.717, 1.165) is 16.5 Å². The lowest BCUT2D eigenvalue weighted by Gasteiger charge is -2.11. The van der Waals surface area contributed by atoms with Crippen molar-refractivity contribution in [2.75, 3.05) is 11.9 Å². The first-order valence-corrected chi connectivity index (χ1v) is 8.77. The predicted molar refractivity (Wildman–Crippen MR) is 108 cm³/mol. The molecule has 26 heavy (non-hydrogen) atoms. The number of fused-ring (bicyclic) bond motifs is 1. The van der Waals surface area contributed by atoms with Gasteiger partial charge in [0.25, 0.3) is 5.56 Å². The quantitative estimate of drug-likeness (QED) is 0.612. The molecule has 0 aliphatic rings.